The number of aromatic nitrogens is 2. The zero-order chi connectivity index (χ0) is 16.4. The maximum Gasteiger partial charge on any atom is 0.125 e. The molecule has 2 aromatic rings. The first kappa shape index (κ1) is 15.5. The largest absolute Gasteiger partial charge is 0.376 e. The fraction of sp³-hybridized carbons (Fsp3) is 0.474. The van der Waals surface area contributed by atoms with E-state index in [-0.39, 0.29) is 0 Å². The molecule has 2 aliphatic rings. The Balaban J connectivity index is 1.33. The Morgan fingerprint density at radius 1 is 1.21 bits per heavy atom. The van der Waals surface area contributed by atoms with Gasteiger partial charge in [0.15, 0.2) is 0 Å². The molecule has 2 saturated heterocycles. The second kappa shape index (κ2) is 6.87. The number of pyridine rings is 2. The third kappa shape index (κ3) is 3.42. The van der Waals surface area contributed by atoms with Crippen LogP contribution in [-0.4, -0.2) is 47.2 Å². The van der Waals surface area contributed by atoms with Crippen LogP contribution in [0, 0.1) is 18.8 Å². The molecule has 0 bridgehead atoms. The molecule has 2 aromatic heterocycles. The summed E-state index contributed by atoms with van der Waals surface area (Å²) in [5.74, 6) is 2.10. The van der Waals surface area contributed by atoms with Gasteiger partial charge in [-0.1, -0.05) is 12.1 Å². The Kier molecular flexibility index (Phi) is 4.45. The monoisotopic (exact) mass is 324 g/mol. The topological polar surface area (TPSA) is 50.3 Å². The summed E-state index contributed by atoms with van der Waals surface area (Å²) in [5, 5.41) is 3.45. The molecule has 5 nitrogen and oxygen atoms in total. The molecule has 4 rings (SSSR count). The second-order valence-corrected chi connectivity index (χ2v) is 6.86. The van der Waals surface area contributed by atoms with Crippen LogP contribution in [0.15, 0.2) is 42.6 Å². The SMILES string of the molecule is Cc1cccc(CN2C[C@H]3[C@@H](CNc4ccccn4)CO[C@H]3C2)n1. The number of ether oxygens (including phenoxy) is 1. The van der Waals surface area contributed by atoms with Crippen LogP contribution in [0.3, 0.4) is 0 Å². The molecule has 0 spiro atoms. The predicted octanol–water partition coefficient (Wildman–Crippen LogP) is 2.34. The van der Waals surface area contributed by atoms with Crippen molar-refractivity contribution in [3.05, 3.63) is 54.0 Å². The molecular weight excluding hydrogens is 300 g/mol. The van der Waals surface area contributed by atoms with Gasteiger partial charge in [-0.3, -0.25) is 9.88 Å². The number of nitrogens with one attached hydrogen (secondary N) is 1. The number of fused-ring (bicyclic) bond motifs is 1. The van der Waals surface area contributed by atoms with E-state index in [1.165, 1.54) is 0 Å². The van der Waals surface area contributed by atoms with Gasteiger partial charge in [-0.25, -0.2) is 4.98 Å². The van der Waals surface area contributed by atoms with Crippen molar-refractivity contribution >= 4 is 5.82 Å². The van der Waals surface area contributed by atoms with E-state index in [4.69, 9.17) is 4.74 Å². The maximum absolute atomic E-state index is 6.05. The fourth-order valence-electron chi connectivity index (χ4n) is 3.84. The molecule has 24 heavy (non-hydrogen) atoms. The highest BCUT2D eigenvalue weighted by Crippen LogP contribution is 2.34. The number of likely N-dealkylation sites (tertiary alicyclic amines) is 1. The van der Waals surface area contributed by atoms with Gasteiger partial charge in [-0.15, -0.1) is 0 Å². The molecule has 3 atom stereocenters. The van der Waals surface area contributed by atoms with Gasteiger partial charge in [0, 0.05) is 49.9 Å². The summed E-state index contributed by atoms with van der Waals surface area (Å²) in [5.41, 5.74) is 2.23. The standard InChI is InChI=1S/C19H24N4O/c1-14-5-4-6-16(22-14)10-23-11-17-15(13-24-18(17)12-23)9-21-19-7-2-3-8-20-19/h2-8,15,17-18H,9-13H2,1H3,(H,20,21)/t15-,17-,18-/m0/s1. The summed E-state index contributed by atoms with van der Waals surface area (Å²) in [6.07, 6.45) is 2.19. The van der Waals surface area contributed by atoms with E-state index in [1.807, 2.05) is 37.4 Å². The minimum absolute atomic E-state index is 0.366. The molecule has 1 N–H and O–H groups in total. The number of aryl methyl sites for hydroxylation is 1. The Bertz CT molecular complexity index is 678. The van der Waals surface area contributed by atoms with Gasteiger partial charge in [0.05, 0.1) is 18.4 Å². The lowest BCUT2D eigenvalue weighted by molar-refractivity contribution is 0.0944. The molecule has 0 amide bonds. The maximum atomic E-state index is 6.05. The van der Waals surface area contributed by atoms with Gasteiger partial charge in [-0.05, 0) is 31.2 Å². The number of hydrogen-bond acceptors (Lipinski definition) is 5. The van der Waals surface area contributed by atoms with Crippen LogP contribution in [0.2, 0.25) is 0 Å². The molecule has 0 radical (unpaired) electrons. The lowest BCUT2D eigenvalue weighted by atomic mass is 9.93. The molecule has 126 valence electrons. The highest BCUT2D eigenvalue weighted by atomic mass is 16.5. The van der Waals surface area contributed by atoms with Gasteiger partial charge in [0.2, 0.25) is 0 Å². The van der Waals surface area contributed by atoms with Crippen molar-refractivity contribution in [2.45, 2.75) is 19.6 Å². The van der Waals surface area contributed by atoms with Crippen molar-refractivity contribution in [2.24, 2.45) is 11.8 Å². The second-order valence-electron chi connectivity index (χ2n) is 6.86. The molecule has 2 fully saturated rings. The number of rotatable bonds is 5. The lowest BCUT2D eigenvalue weighted by Crippen LogP contribution is -2.27. The number of anilines is 1. The van der Waals surface area contributed by atoms with Gasteiger partial charge < -0.3 is 10.1 Å². The predicted molar refractivity (Wildman–Crippen MR) is 93.7 cm³/mol. The van der Waals surface area contributed by atoms with Crippen LogP contribution < -0.4 is 5.32 Å². The van der Waals surface area contributed by atoms with Crippen molar-refractivity contribution in [1.82, 2.24) is 14.9 Å². The van der Waals surface area contributed by atoms with Crippen molar-refractivity contribution in [1.29, 1.82) is 0 Å². The van der Waals surface area contributed by atoms with Gasteiger partial charge in [-0.2, -0.15) is 0 Å². The van der Waals surface area contributed by atoms with Crippen LogP contribution >= 0.6 is 0 Å². The van der Waals surface area contributed by atoms with Crippen LogP contribution in [0.5, 0.6) is 0 Å². The molecule has 2 aliphatic heterocycles. The van der Waals surface area contributed by atoms with Gasteiger partial charge >= 0.3 is 0 Å². The van der Waals surface area contributed by atoms with E-state index in [1.54, 1.807) is 0 Å². The average Bonchev–Trinajstić information content (AvgIpc) is 3.14. The summed E-state index contributed by atoms with van der Waals surface area (Å²) in [6.45, 7) is 6.85. The van der Waals surface area contributed by atoms with Crippen LogP contribution in [-0.2, 0) is 11.3 Å². The Morgan fingerprint density at radius 3 is 3.00 bits per heavy atom. The summed E-state index contributed by atoms with van der Waals surface area (Å²) < 4.78 is 6.05. The van der Waals surface area contributed by atoms with Crippen molar-refractivity contribution in [3.63, 3.8) is 0 Å². The van der Waals surface area contributed by atoms with E-state index in [0.717, 1.165) is 50.0 Å². The van der Waals surface area contributed by atoms with Gasteiger partial charge in [0.25, 0.3) is 0 Å². The van der Waals surface area contributed by atoms with Crippen LogP contribution in [0.25, 0.3) is 0 Å². The zero-order valence-corrected chi connectivity index (χ0v) is 14.1. The summed E-state index contributed by atoms with van der Waals surface area (Å²) in [6, 6.07) is 12.2. The summed E-state index contributed by atoms with van der Waals surface area (Å²) >= 11 is 0. The first-order valence-corrected chi connectivity index (χ1v) is 8.69. The van der Waals surface area contributed by atoms with Gasteiger partial charge in [0.1, 0.15) is 5.82 Å². The summed E-state index contributed by atoms with van der Waals surface area (Å²) in [4.78, 5) is 11.4. The number of hydrogen-bond donors (Lipinski definition) is 1. The first-order valence-electron chi connectivity index (χ1n) is 8.69. The fourth-order valence-corrected chi connectivity index (χ4v) is 3.84. The third-order valence-corrected chi connectivity index (χ3v) is 5.06. The Labute approximate surface area is 143 Å². The average molecular weight is 324 g/mol. The first-order chi connectivity index (χ1) is 11.8. The van der Waals surface area contributed by atoms with Crippen molar-refractivity contribution in [2.75, 3.05) is 31.6 Å². The van der Waals surface area contributed by atoms with Crippen molar-refractivity contribution in [3.8, 4) is 0 Å². The van der Waals surface area contributed by atoms with E-state index in [9.17, 15) is 0 Å². The number of nitrogens with zero attached hydrogens (tertiary/aromatic N) is 3. The van der Waals surface area contributed by atoms with Crippen LogP contribution in [0.4, 0.5) is 5.82 Å². The minimum Gasteiger partial charge on any atom is -0.376 e. The Morgan fingerprint density at radius 2 is 2.17 bits per heavy atom. The molecule has 0 saturated carbocycles. The molecule has 0 aliphatic carbocycles. The van der Waals surface area contributed by atoms with E-state index >= 15 is 0 Å². The van der Waals surface area contributed by atoms with Crippen molar-refractivity contribution < 1.29 is 4.74 Å². The quantitative estimate of drug-likeness (QED) is 0.915. The normalized spacial score (nSPS) is 26.5. The molecule has 0 aromatic carbocycles. The highest BCUT2D eigenvalue weighted by molar-refractivity contribution is 5.33. The van der Waals surface area contributed by atoms with E-state index in [0.29, 0.717) is 17.9 Å². The smallest absolute Gasteiger partial charge is 0.125 e. The third-order valence-electron chi connectivity index (χ3n) is 5.06. The zero-order valence-electron chi connectivity index (χ0n) is 14.1. The molecular formula is C19H24N4O. The summed E-state index contributed by atoms with van der Waals surface area (Å²) in [7, 11) is 0. The lowest BCUT2D eigenvalue weighted by Gasteiger charge is -2.20. The molecule has 0 unspecified atom stereocenters. The Hall–Kier alpha value is -1.98. The molecule has 5 heteroatoms. The van der Waals surface area contributed by atoms with Crippen LogP contribution in [0.1, 0.15) is 11.4 Å². The van der Waals surface area contributed by atoms with E-state index in [2.05, 4.69) is 32.3 Å². The molecule has 4 heterocycles. The van der Waals surface area contributed by atoms with E-state index < -0.39 is 0 Å². The minimum atomic E-state index is 0.366. The highest BCUT2D eigenvalue weighted by Gasteiger charge is 2.43.